The largest absolute Gasteiger partial charge is 0.451 e. The molecule has 9 heteroatoms. The van der Waals surface area contributed by atoms with Gasteiger partial charge in [0.2, 0.25) is 11.8 Å². The predicted octanol–water partition coefficient (Wildman–Crippen LogP) is 3.04. The maximum atomic E-state index is 12.6. The van der Waals surface area contributed by atoms with Crippen LogP contribution in [0, 0.1) is 27.7 Å². The predicted molar refractivity (Wildman–Crippen MR) is 133 cm³/mol. The Hall–Kier alpha value is -4.01. The average Bonchev–Trinajstić information content (AvgIpc) is 2.81. The minimum Gasteiger partial charge on any atom is -0.451 e. The standard InChI is InChI=1S/C26H30N4O5/c1-16-9-10-17(2)21(13-16)30-23(32)12-11-20(28-30)26(34)35-15-24(33)29(5)14-22(31)27-25-18(3)7-6-8-19(25)4/h6-10,13H,11-12,14-15H2,1-5H3,(H,27,31). The minimum absolute atomic E-state index is 0.0636. The molecule has 1 aliphatic heterocycles. The second-order valence-corrected chi connectivity index (χ2v) is 8.68. The lowest BCUT2D eigenvalue weighted by molar-refractivity contribution is -0.146. The number of esters is 1. The zero-order chi connectivity index (χ0) is 25.7. The monoisotopic (exact) mass is 478 g/mol. The molecule has 3 rings (SSSR count). The number of hydrogen-bond donors (Lipinski definition) is 1. The summed E-state index contributed by atoms with van der Waals surface area (Å²) in [5.74, 6) is -1.88. The van der Waals surface area contributed by atoms with Crippen molar-refractivity contribution >= 4 is 40.8 Å². The third-order valence-corrected chi connectivity index (χ3v) is 5.74. The topological polar surface area (TPSA) is 108 Å². The lowest BCUT2D eigenvalue weighted by Gasteiger charge is -2.24. The minimum atomic E-state index is -0.769. The molecule has 0 radical (unpaired) electrons. The molecule has 0 unspecified atom stereocenters. The molecule has 0 bridgehead atoms. The van der Waals surface area contributed by atoms with Gasteiger partial charge in [-0.2, -0.15) is 10.1 Å². The van der Waals surface area contributed by atoms with Crippen LogP contribution < -0.4 is 10.3 Å². The maximum Gasteiger partial charge on any atom is 0.355 e. The molecule has 35 heavy (non-hydrogen) atoms. The number of likely N-dealkylation sites (N-methyl/N-ethyl adjacent to an activating group) is 1. The number of amides is 3. The molecule has 0 saturated heterocycles. The van der Waals surface area contributed by atoms with Gasteiger partial charge in [0.15, 0.2) is 6.61 Å². The molecule has 0 spiro atoms. The van der Waals surface area contributed by atoms with Gasteiger partial charge in [0, 0.05) is 25.6 Å². The SMILES string of the molecule is Cc1ccc(C)c(N2N=C(C(=O)OCC(=O)N(C)CC(=O)Nc3c(C)cccc3C)CCC2=O)c1. The molecule has 0 aliphatic carbocycles. The summed E-state index contributed by atoms with van der Waals surface area (Å²) in [4.78, 5) is 51.0. The van der Waals surface area contributed by atoms with E-state index in [9.17, 15) is 19.2 Å². The van der Waals surface area contributed by atoms with E-state index in [0.717, 1.165) is 22.3 Å². The molecule has 1 aliphatic rings. The van der Waals surface area contributed by atoms with E-state index in [1.807, 2.05) is 64.1 Å². The smallest absolute Gasteiger partial charge is 0.355 e. The Bertz CT molecular complexity index is 1180. The van der Waals surface area contributed by atoms with E-state index in [1.165, 1.54) is 17.0 Å². The van der Waals surface area contributed by atoms with Crippen LogP contribution in [0.15, 0.2) is 41.5 Å². The van der Waals surface area contributed by atoms with Crippen molar-refractivity contribution in [1.82, 2.24) is 4.90 Å². The lowest BCUT2D eigenvalue weighted by Crippen LogP contribution is -2.39. The first kappa shape index (κ1) is 25.6. The summed E-state index contributed by atoms with van der Waals surface area (Å²) >= 11 is 0. The van der Waals surface area contributed by atoms with Gasteiger partial charge < -0.3 is 15.0 Å². The second-order valence-electron chi connectivity index (χ2n) is 8.68. The first-order valence-corrected chi connectivity index (χ1v) is 11.3. The zero-order valence-electron chi connectivity index (χ0n) is 20.7. The second kappa shape index (κ2) is 10.9. The molecule has 2 aromatic rings. The van der Waals surface area contributed by atoms with Crippen molar-refractivity contribution in [2.75, 3.05) is 30.5 Å². The summed E-state index contributed by atoms with van der Waals surface area (Å²) in [6.45, 7) is 6.80. The highest BCUT2D eigenvalue weighted by Crippen LogP contribution is 2.25. The van der Waals surface area contributed by atoms with E-state index in [-0.39, 0.29) is 36.9 Å². The number of hydrazone groups is 1. The first-order chi connectivity index (χ1) is 16.6. The average molecular weight is 479 g/mol. The van der Waals surface area contributed by atoms with E-state index in [0.29, 0.717) is 11.4 Å². The zero-order valence-corrected chi connectivity index (χ0v) is 20.7. The van der Waals surface area contributed by atoms with Crippen molar-refractivity contribution in [3.8, 4) is 0 Å². The summed E-state index contributed by atoms with van der Waals surface area (Å²) in [7, 11) is 1.46. The highest BCUT2D eigenvalue weighted by Gasteiger charge is 2.28. The van der Waals surface area contributed by atoms with Gasteiger partial charge in [0.1, 0.15) is 5.71 Å². The number of para-hydroxylation sites is 1. The Balaban J connectivity index is 1.58. The van der Waals surface area contributed by atoms with Gasteiger partial charge in [-0.15, -0.1) is 0 Å². The Kier molecular flexibility index (Phi) is 8.01. The quantitative estimate of drug-likeness (QED) is 0.616. The molecular weight excluding hydrogens is 448 g/mol. The fourth-order valence-corrected chi connectivity index (χ4v) is 3.65. The van der Waals surface area contributed by atoms with Gasteiger partial charge in [0.05, 0.1) is 12.2 Å². The maximum absolute atomic E-state index is 12.6. The highest BCUT2D eigenvalue weighted by atomic mass is 16.5. The van der Waals surface area contributed by atoms with Crippen LogP contribution in [0.1, 0.15) is 35.1 Å². The molecule has 0 aromatic heterocycles. The van der Waals surface area contributed by atoms with Gasteiger partial charge in [-0.3, -0.25) is 14.4 Å². The van der Waals surface area contributed by atoms with Gasteiger partial charge in [-0.1, -0.05) is 30.3 Å². The summed E-state index contributed by atoms with van der Waals surface area (Å²) < 4.78 is 5.15. The number of hydrogen-bond acceptors (Lipinski definition) is 6. The number of nitrogens with one attached hydrogen (secondary N) is 1. The molecule has 184 valence electrons. The first-order valence-electron chi connectivity index (χ1n) is 11.3. The van der Waals surface area contributed by atoms with Crippen molar-refractivity contribution in [2.24, 2.45) is 5.10 Å². The van der Waals surface area contributed by atoms with Crippen LogP contribution >= 0.6 is 0 Å². The van der Waals surface area contributed by atoms with Crippen LogP contribution in [0.5, 0.6) is 0 Å². The van der Waals surface area contributed by atoms with Gasteiger partial charge in [-0.25, -0.2) is 4.79 Å². The number of carbonyl (C=O) groups is 4. The number of ether oxygens (including phenoxy) is 1. The Morgan fingerprint density at radius 2 is 1.71 bits per heavy atom. The van der Waals surface area contributed by atoms with Crippen molar-refractivity contribution in [3.05, 3.63) is 58.7 Å². The summed E-state index contributed by atoms with van der Waals surface area (Å²) in [6, 6.07) is 11.3. The number of carbonyl (C=O) groups excluding carboxylic acids is 4. The van der Waals surface area contributed by atoms with E-state index in [4.69, 9.17) is 4.74 Å². The van der Waals surface area contributed by atoms with Crippen LogP contribution in [0.25, 0.3) is 0 Å². The third kappa shape index (κ3) is 6.32. The summed E-state index contributed by atoms with van der Waals surface area (Å²) in [5, 5.41) is 8.24. The van der Waals surface area contributed by atoms with Gasteiger partial charge >= 0.3 is 5.97 Å². The number of aryl methyl sites for hydroxylation is 4. The van der Waals surface area contributed by atoms with E-state index in [2.05, 4.69) is 10.4 Å². The molecule has 1 heterocycles. The van der Waals surface area contributed by atoms with Gasteiger partial charge in [0.25, 0.3) is 5.91 Å². The summed E-state index contributed by atoms with van der Waals surface area (Å²) in [5.41, 5.74) is 5.02. The Morgan fingerprint density at radius 1 is 1.03 bits per heavy atom. The molecule has 0 saturated carbocycles. The normalized spacial score (nSPS) is 13.2. The fraction of sp³-hybridized carbons (Fsp3) is 0.346. The van der Waals surface area contributed by atoms with Crippen molar-refractivity contribution in [3.63, 3.8) is 0 Å². The van der Waals surface area contributed by atoms with Crippen LogP contribution in [0.2, 0.25) is 0 Å². The van der Waals surface area contributed by atoms with Crippen LogP contribution in [-0.2, 0) is 23.9 Å². The van der Waals surface area contributed by atoms with Crippen molar-refractivity contribution in [2.45, 2.75) is 40.5 Å². The number of benzene rings is 2. The molecule has 0 atom stereocenters. The van der Waals surface area contributed by atoms with E-state index < -0.39 is 18.5 Å². The molecule has 9 nitrogen and oxygen atoms in total. The van der Waals surface area contributed by atoms with Crippen LogP contribution in [0.3, 0.4) is 0 Å². The van der Waals surface area contributed by atoms with Crippen molar-refractivity contribution < 1.29 is 23.9 Å². The lowest BCUT2D eigenvalue weighted by atomic mass is 10.1. The molecule has 2 aromatic carbocycles. The number of rotatable bonds is 7. The molecular formula is C26H30N4O5. The molecule has 0 fully saturated rings. The highest BCUT2D eigenvalue weighted by molar-refractivity contribution is 6.38. The van der Waals surface area contributed by atoms with E-state index >= 15 is 0 Å². The third-order valence-electron chi connectivity index (χ3n) is 5.74. The number of nitrogens with zero attached hydrogens (tertiary/aromatic N) is 3. The number of anilines is 2. The molecule has 3 amide bonds. The Labute approximate surface area is 204 Å². The van der Waals surface area contributed by atoms with Gasteiger partial charge in [-0.05, 0) is 56.0 Å². The summed E-state index contributed by atoms with van der Waals surface area (Å²) in [6.07, 6.45) is 0.231. The Morgan fingerprint density at radius 3 is 2.40 bits per heavy atom. The fourth-order valence-electron chi connectivity index (χ4n) is 3.65. The van der Waals surface area contributed by atoms with Crippen LogP contribution in [-0.4, -0.2) is 54.5 Å². The van der Waals surface area contributed by atoms with Crippen molar-refractivity contribution in [1.29, 1.82) is 0 Å². The van der Waals surface area contributed by atoms with Crippen LogP contribution in [0.4, 0.5) is 11.4 Å². The van der Waals surface area contributed by atoms with E-state index in [1.54, 1.807) is 0 Å². The molecule has 1 N–H and O–H groups in total.